The highest BCUT2D eigenvalue weighted by molar-refractivity contribution is 6.14. The highest BCUT2D eigenvalue weighted by Crippen LogP contribution is 2.46. The van der Waals surface area contributed by atoms with Crippen molar-refractivity contribution in [2.24, 2.45) is 4.99 Å². The molecule has 0 aliphatic rings. The fourth-order valence-electron chi connectivity index (χ4n) is 6.97. The summed E-state index contributed by atoms with van der Waals surface area (Å²) in [4.78, 5) is 8.67. The van der Waals surface area contributed by atoms with E-state index < -0.39 is 11.4 Å². The van der Waals surface area contributed by atoms with Gasteiger partial charge < -0.3 is 0 Å². The van der Waals surface area contributed by atoms with E-state index in [1.54, 1.807) is 12.1 Å². The third-order valence-electron chi connectivity index (χ3n) is 9.67. The Morgan fingerprint density at radius 2 is 1.30 bits per heavy atom. The smallest absolute Gasteiger partial charge is 0.220 e. The van der Waals surface area contributed by atoms with Crippen molar-refractivity contribution in [2.75, 3.05) is 0 Å². The lowest BCUT2D eigenvalue weighted by Crippen LogP contribution is -2.26. The Kier molecular flexibility index (Phi) is 7.83. The molecule has 7 rings (SSSR count). The van der Waals surface area contributed by atoms with Gasteiger partial charge in [0.15, 0.2) is 0 Å². The van der Waals surface area contributed by atoms with Crippen LogP contribution in [0.2, 0.25) is 0 Å². The van der Waals surface area contributed by atoms with E-state index in [1.165, 1.54) is 17.0 Å². The number of fused-ring (bicyclic) bond motifs is 3. The van der Waals surface area contributed by atoms with E-state index in [0.29, 0.717) is 5.56 Å². The van der Waals surface area contributed by atoms with Crippen LogP contribution in [0.1, 0.15) is 36.1 Å². The van der Waals surface area contributed by atoms with E-state index in [0.717, 1.165) is 61.0 Å². The van der Waals surface area contributed by atoms with Gasteiger partial charge in [-0.2, -0.15) is 4.39 Å². The molecule has 2 nitrogen and oxygen atoms in total. The van der Waals surface area contributed by atoms with Gasteiger partial charge in [0.2, 0.25) is 5.95 Å². The lowest BCUT2D eigenvalue weighted by atomic mass is 9.69. The zero-order valence-corrected chi connectivity index (χ0v) is 26.8. The number of benzene rings is 6. The van der Waals surface area contributed by atoms with E-state index in [1.807, 2.05) is 18.2 Å². The van der Waals surface area contributed by atoms with Gasteiger partial charge >= 0.3 is 0 Å². The van der Waals surface area contributed by atoms with Crippen molar-refractivity contribution in [3.63, 3.8) is 0 Å². The van der Waals surface area contributed by atoms with Gasteiger partial charge in [0.05, 0.1) is 5.70 Å². The van der Waals surface area contributed by atoms with Gasteiger partial charge in [-0.3, -0.25) is 4.99 Å². The summed E-state index contributed by atoms with van der Waals surface area (Å²) >= 11 is 0. The molecule has 0 aliphatic heterocycles. The fourth-order valence-corrected chi connectivity index (χ4v) is 6.97. The number of pyridine rings is 1. The number of rotatable bonds is 7. The highest BCUT2D eigenvalue weighted by Gasteiger charge is 2.34. The van der Waals surface area contributed by atoms with Crippen LogP contribution >= 0.6 is 0 Å². The van der Waals surface area contributed by atoms with E-state index >= 15 is 4.39 Å². The molecule has 0 fully saturated rings. The average Bonchev–Trinajstić information content (AvgIpc) is 3.12. The molecular weight excluding hydrogens is 575 g/mol. The topological polar surface area (TPSA) is 25.2 Å². The summed E-state index contributed by atoms with van der Waals surface area (Å²) in [6.45, 7) is 10.5. The van der Waals surface area contributed by atoms with Gasteiger partial charge in [0, 0.05) is 22.7 Å². The molecule has 3 heteroatoms. The number of hydrogen-bond donors (Lipinski definition) is 0. The zero-order chi connectivity index (χ0) is 32.5. The standard InChI is InChI=1S/C44H35FN2/c1-29-15-8-10-19-36(29)42(46-4)30(2)44(3,34-17-6-5-7-18-34)35-26-32(38-23-14-24-47-43(38)45)25-33(27-35)41-28-31-16-9-11-20-37(31)39-21-12-13-22-40(39)41/h5-28H,4H2,1-3H3/b42-30-. The van der Waals surface area contributed by atoms with Crippen molar-refractivity contribution in [3.05, 3.63) is 179 Å². The summed E-state index contributed by atoms with van der Waals surface area (Å²) in [6, 6.07) is 48.1. The second-order valence-electron chi connectivity index (χ2n) is 12.3. The largest absolute Gasteiger partial charge is 0.264 e. The molecular formula is C44H35FN2. The molecule has 228 valence electrons. The minimum atomic E-state index is -0.657. The molecule has 7 aromatic rings. The van der Waals surface area contributed by atoms with Gasteiger partial charge in [0.1, 0.15) is 0 Å². The molecule has 0 spiro atoms. The first kappa shape index (κ1) is 30.0. The van der Waals surface area contributed by atoms with Crippen molar-refractivity contribution < 1.29 is 4.39 Å². The number of nitrogens with zero attached hydrogens (tertiary/aromatic N) is 2. The number of aryl methyl sites for hydroxylation is 1. The number of aliphatic imine (C=N–C) groups is 1. The van der Waals surface area contributed by atoms with Crippen LogP contribution < -0.4 is 0 Å². The predicted octanol–water partition coefficient (Wildman–Crippen LogP) is 11.6. The minimum absolute atomic E-state index is 0.457. The quantitative estimate of drug-likeness (QED) is 0.100. The molecule has 1 atom stereocenters. The number of allylic oxidation sites excluding steroid dienone is 1. The summed E-state index contributed by atoms with van der Waals surface area (Å²) in [7, 11) is 0. The lowest BCUT2D eigenvalue weighted by Gasteiger charge is -2.35. The Labute approximate surface area is 275 Å². The predicted molar refractivity (Wildman–Crippen MR) is 196 cm³/mol. The first-order valence-electron chi connectivity index (χ1n) is 15.9. The molecule has 0 amide bonds. The van der Waals surface area contributed by atoms with Gasteiger partial charge in [-0.15, -0.1) is 0 Å². The van der Waals surface area contributed by atoms with Crippen LogP contribution in [-0.2, 0) is 5.41 Å². The monoisotopic (exact) mass is 610 g/mol. The van der Waals surface area contributed by atoms with Crippen LogP contribution in [0.25, 0.3) is 49.5 Å². The summed E-state index contributed by atoms with van der Waals surface area (Å²) in [5.41, 5.74) is 8.82. The van der Waals surface area contributed by atoms with Gasteiger partial charge in [0.25, 0.3) is 0 Å². The second kappa shape index (κ2) is 12.3. The molecule has 0 radical (unpaired) electrons. The van der Waals surface area contributed by atoms with Crippen LogP contribution in [0, 0.1) is 12.9 Å². The first-order valence-corrected chi connectivity index (χ1v) is 15.9. The fraction of sp³-hybridized carbons (Fsp3) is 0.0909. The third kappa shape index (κ3) is 5.24. The van der Waals surface area contributed by atoms with Gasteiger partial charge in [-0.1, -0.05) is 103 Å². The van der Waals surface area contributed by atoms with Crippen LogP contribution in [0.15, 0.2) is 156 Å². The summed E-state index contributed by atoms with van der Waals surface area (Å²) in [5.74, 6) is -0.499. The zero-order valence-electron chi connectivity index (χ0n) is 26.8. The molecule has 0 bridgehead atoms. The molecule has 47 heavy (non-hydrogen) atoms. The van der Waals surface area contributed by atoms with Crippen molar-refractivity contribution >= 4 is 34.0 Å². The molecule has 1 aromatic heterocycles. The summed E-state index contributed by atoms with van der Waals surface area (Å²) in [5, 5.41) is 4.68. The minimum Gasteiger partial charge on any atom is -0.264 e. The van der Waals surface area contributed by atoms with Crippen LogP contribution in [0.5, 0.6) is 0 Å². The van der Waals surface area contributed by atoms with Crippen LogP contribution in [0.3, 0.4) is 0 Å². The lowest BCUT2D eigenvalue weighted by molar-refractivity contribution is 0.587. The number of halogens is 1. The third-order valence-corrected chi connectivity index (χ3v) is 9.67. The van der Waals surface area contributed by atoms with E-state index in [9.17, 15) is 0 Å². The average molecular weight is 611 g/mol. The van der Waals surface area contributed by atoms with E-state index in [-0.39, 0.29) is 0 Å². The van der Waals surface area contributed by atoms with Crippen LogP contribution in [-0.4, -0.2) is 11.7 Å². The maximum absolute atomic E-state index is 15.5. The molecule has 1 unspecified atom stereocenters. The molecule has 0 saturated carbocycles. The van der Waals surface area contributed by atoms with Crippen LogP contribution in [0.4, 0.5) is 4.39 Å². The number of hydrogen-bond acceptors (Lipinski definition) is 2. The first-order chi connectivity index (χ1) is 22.9. The normalized spacial score (nSPS) is 13.3. The Balaban J connectivity index is 1.59. The maximum atomic E-state index is 15.5. The molecule has 0 N–H and O–H groups in total. The molecule has 6 aromatic carbocycles. The Bertz CT molecular complexity index is 2320. The molecule has 1 heterocycles. The Morgan fingerprint density at radius 1 is 0.660 bits per heavy atom. The maximum Gasteiger partial charge on any atom is 0.220 e. The van der Waals surface area contributed by atoms with Gasteiger partial charge in [-0.05, 0) is 124 Å². The summed E-state index contributed by atoms with van der Waals surface area (Å²) in [6.07, 6.45) is 1.49. The molecule has 0 saturated heterocycles. The van der Waals surface area contributed by atoms with E-state index in [2.05, 4.69) is 147 Å². The molecule has 0 aliphatic carbocycles. The van der Waals surface area contributed by atoms with E-state index in [4.69, 9.17) is 0 Å². The van der Waals surface area contributed by atoms with Crippen molar-refractivity contribution in [1.82, 2.24) is 4.98 Å². The summed E-state index contributed by atoms with van der Waals surface area (Å²) < 4.78 is 15.5. The Hall–Kier alpha value is -5.67. The van der Waals surface area contributed by atoms with Crippen molar-refractivity contribution in [1.29, 1.82) is 0 Å². The Morgan fingerprint density at radius 3 is 2.02 bits per heavy atom. The second-order valence-corrected chi connectivity index (χ2v) is 12.3. The number of aromatic nitrogens is 1. The SMILES string of the molecule is C=N/C(=C(/C)C(C)(c1ccccc1)c1cc(-c2cccnc2F)cc(-c2cc3ccccc3c3ccccc23)c1)c1ccccc1C. The van der Waals surface area contributed by atoms with Gasteiger partial charge in [-0.25, -0.2) is 4.98 Å². The van der Waals surface area contributed by atoms with Crippen molar-refractivity contribution in [3.8, 4) is 22.3 Å². The van der Waals surface area contributed by atoms with Crippen molar-refractivity contribution in [2.45, 2.75) is 26.2 Å². The highest BCUT2D eigenvalue weighted by atomic mass is 19.1.